The Labute approximate surface area is 120 Å². The Balaban J connectivity index is 2.16. The summed E-state index contributed by atoms with van der Waals surface area (Å²) < 4.78 is 0. The Morgan fingerprint density at radius 2 is 1.76 bits per heavy atom. The Morgan fingerprint density at radius 1 is 1.05 bits per heavy atom. The van der Waals surface area contributed by atoms with Gasteiger partial charge in [0.2, 0.25) is 0 Å². The first-order valence-electron chi connectivity index (χ1n) is 6.32. The first kappa shape index (κ1) is 12.9. The van der Waals surface area contributed by atoms with Crippen LogP contribution >= 0.6 is 0 Å². The van der Waals surface area contributed by atoms with Crippen LogP contribution in [0.3, 0.4) is 0 Å². The Kier molecular flexibility index (Phi) is 3.16. The van der Waals surface area contributed by atoms with Gasteiger partial charge in [-0.05, 0) is 30.3 Å². The molecule has 0 unspecified atom stereocenters. The average molecular weight is 280 g/mol. The van der Waals surface area contributed by atoms with Crippen LogP contribution in [0.25, 0.3) is 10.9 Å². The van der Waals surface area contributed by atoms with Crippen molar-refractivity contribution >= 4 is 28.2 Å². The van der Waals surface area contributed by atoms with Gasteiger partial charge in [0.1, 0.15) is 11.3 Å². The Hall–Kier alpha value is -3.08. The van der Waals surface area contributed by atoms with E-state index in [9.17, 15) is 15.0 Å². The van der Waals surface area contributed by atoms with Gasteiger partial charge < -0.3 is 15.5 Å². The number of nitrogens with zero attached hydrogens (tertiary/aromatic N) is 1. The molecule has 104 valence electrons. The van der Waals surface area contributed by atoms with Gasteiger partial charge >= 0.3 is 5.97 Å². The van der Waals surface area contributed by atoms with Gasteiger partial charge in [-0.2, -0.15) is 0 Å². The van der Waals surface area contributed by atoms with Crippen molar-refractivity contribution < 1.29 is 15.0 Å². The fourth-order valence-corrected chi connectivity index (χ4v) is 2.13. The van der Waals surface area contributed by atoms with Crippen LogP contribution in [0.15, 0.2) is 54.7 Å². The molecule has 1 heterocycles. The summed E-state index contributed by atoms with van der Waals surface area (Å²) in [4.78, 5) is 15.5. The first-order valence-corrected chi connectivity index (χ1v) is 6.32. The van der Waals surface area contributed by atoms with Crippen LogP contribution < -0.4 is 5.32 Å². The van der Waals surface area contributed by atoms with E-state index in [4.69, 9.17) is 0 Å². The molecule has 0 saturated heterocycles. The van der Waals surface area contributed by atoms with E-state index in [0.29, 0.717) is 16.9 Å². The number of carbonyl (C=O) groups is 1. The third-order valence-corrected chi connectivity index (χ3v) is 3.14. The number of phenols is 1. The normalized spacial score (nSPS) is 10.5. The Morgan fingerprint density at radius 3 is 2.48 bits per heavy atom. The number of pyridine rings is 1. The molecular formula is C16H12N2O3. The molecule has 3 N–H and O–H groups in total. The van der Waals surface area contributed by atoms with Crippen molar-refractivity contribution in [3.63, 3.8) is 0 Å². The molecule has 0 amide bonds. The smallest absolute Gasteiger partial charge is 0.339 e. The third kappa shape index (κ3) is 2.49. The van der Waals surface area contributed by atoms with Gasteiger partial charge in [0.05, 0.1) is 11.2 Å². The van der Waals surface area contributed by atoms with Crippen LogP contribution in [-0.4, -0.2) is 21.2 Å². The number of aromatic hydroxyl groups is 1. The highest BCUT2D eigenvalue weighted by Gasteiger charge is 2.14. The molecule has 0 spiro atoms. The van der Waals surface area contributed by atoms with E-state index in [1.165, 1.54) is 18.3 Å². The van der Waals surface area contributed by atoms with Crippen molar-refractivity contribution in [1.29, 1.82) is 0 Å². The van der Waals surface area contributed by atoms with Gasteiger partial charge in [-0.1, -0.05) is 18.2 Å². The molecule has 3 rings (SSSR count). The predicted molar refractivity (Wildman–Crippen MR) is 80.1 cm³/mol. The van der Waals surface area contributed by atoms with Crippen LogP contribution in [0.4, 0.5) is 11.4 Å². The molecule has 0 bridgehead atoms. The lowest BCUT2D eigenvalue weighted by Gasteiger charge is -2.12. The number of para-hydroxylation sites is 1. The van der Waals surface area contributed by atoms with Gasteiger partial charge in [0, 0.05) is 17.3 Å². The molecule has 2 aromatic carbocycles. The van der Waals surface area contributed by atoms with Gasteiger partial charge in [-0.15, -0.1) is 0 Å². The number of rotatable bonds is 3. The number of fused-ring (bicyclic) bond motifs is 1. The number of nitrogens with one attached hydrogen (secondary N) is 1. The van der Waals surface area contributed by atoms with Crippen LogP contribution in [-0.2, 0) is 0 Å². The number of anilines is 2. The molecule has 0 atom stereocenters. The highest BCUT2D eigenvalue weighted by molar-refractivity contribution is 6.05. The summed E-state index contributed by atoms with van der Waals surface area (Å²) in [6, 6.07) is 13.7. The minimum absolute atomic E-state index is 0.0989. The van der Waals surface area contributed by atoms with Crippen molar-refractivity contribution in [2.45, 2.75) is 0 Å². The van der Waals surface area contributed by atoms with Crippen molar-refractivity contribution in [2.75, 3.05) is 5.32 Å². The molecule has 0 aliphatic heterocycles. The summed E-state index contributed by atoms with van der Waals surface area (Å²) in [6.45, 7) is 0. The van der Waals surface area contributed by atoms with E-state index in [1.54, 1.807) is 12.1 Å². The largest absolute Gasteiger partial charge is 0.508 e. The molecule has 21 heavy (non-hydrogen) atoms. The van der Waals surface area contributed by atoms with Crippen molar-refractivity contribution in [3.8, 4) is 5.75 Å². The summed E-state index contributed by atoms with van der Waals surface area (Å²) in [5.41, 5.74) is 1.98. The Bertz CT molecular complexity index is 813. The third-order valence-electron chi connectivity index (χ3n) is 3.14. The maximum absolute atomic E-state index is 11.4. The lowest BCUT2D eigenvalue weighted by Crippen LogP contribution is -2.04. The zero-order valence-corrected chi connectivity index (χ0v) is 10.9. The van der Waals surface area contributed by atoms with E-state index >= 15 is 0 Å². The number of hydrogen-bond donors (Lipinski definition) is 3. The van der Waals surface area contributed by atoms with E-state index in [2.05, 4.69) is 10.3 Å². The lowest BCUT2D eigenvalue weighted by atomic mass is 10.1. The van der Waals surface area contributed by atoms with Gasteiger partial charge in [0.25, 0.3) is 0 Å². The van der Waals surface area contributed by atoms with Crippen molar-refractivity contribution in [1.82, 2.24) is 4.98 Å². The molecule has 3 aromatic rings. The van der Waals surface area contributed by atoms with Gasteiger partial charge in [0.15, 0.2) is 0 Å². The maximum Gasteiger partial charge on any atom is 0.339 e. The number of carboxylic acids is 1. The SMILES string of the molecule is O=C(O)c1cnc2ccccc2c1Nc1ccc(O)cc1. The molecule has 0 aliphatic carbocycles. The van der Waals surface area contributed by atoms with Crippen LogP contribution in [0, 0.1) is 0 Å². The number of aromatic carboxylic acids is 1. The lowest BCUT2D eigenvalue weighted by molar-refractivity contribution is 0.0697. The number of aromatic nitrogens is 1. The first-order chi connectivity index (χ1) is 10.1. The molecular weight excluding hydrogens is 268 g/mol. The summed E-state index contributed by atoms with van der Waals surface area (Å²) in [7, 11) is 0. The highest BCUT2D eigenvalue weighted by Crippen LogP contribution is 2.29. The summed E-state index contributed by atoms with van der Waals surface area (Å²) in [5, 5.41) is 22.5. The predicted octanol–water partition coefficient (Wildman–Crippen LogP) is 3.38. The molecule has 0 fully saturated rings. The van der Waals surface area contributed by atoms with E-state index in [1.807, 2.05) is 24.3 Å². The van der Waals surface area contributed by atoms with E-state index < -0.39 is 5.97 Å². The fraction of sp³-hybridized carbons (Fsp3) is 0. The van der Waals surface area contributed by atoms with Crippen LogP contribution in [0.1, 0.15) is 10.4 Å². The summed E-state index contributed by atoms with van der Waals surface area (Å²) >= 11 is 0. The van der Waals surface area contributed by atoms with Crippen LogP contribution in [0.5, 0.6) is 5.75 Å². The molecule has 5 heteroatoms. The van der Waals surface area contributed by atoms with E-state index in [-0.39, 0.29) is 11.3 Å². The minimum atomic E-state index is -1.05. The number of hydrogen-bond acceptors (Lipinski definition) is 4. The van der Waals surface area contributed by atoms with Crippen LogP contribution in [0.2, 0.25) is 0 Å². The second-order valence-electron chi connectivity index (χ2n) is 4.54. The monoisotopic (exact) mass is 280 g/mol. The number of benzene rings is 2. The average Bonchev–Trinajstić information content (AvgIpc) is 2.49. The summed E-state index contributed by atoms with van der Waals surface area (Å²) in [6.07, 6.45) is 1.34. The molecule has 5 nitrogen and oxygen atoms in total. The molecule has 0 saturated carbocycles. The number of carboxylic acid groups (broad SMARTS) is 1. The van der Waals surface area contributed by atoms with Gasteiger partial charge in [-0.25, -0.2) is 4.79 Å². The zero-order chi connectivity index (χ0) is 14.8. The molecule has 0 radical (unpaired) electrons. The van der Waals surface area contributed by atoms with Crippen molar-refractivity contribution in [3.05, 3.63) is 60.3 Å². The van der Waals surface area contributed by atoms with E-state index in [0.717, 1.165) is 5.39 Å². The topological polar surface area (TPSA) is 82.5 Å². The minimum Gasteiger partial charge on any atom is -0.508 e. The molecule has 1 aromatic heterocycles. The number of phenolic OH excluding ortho intramolecular Hbond substituents is 1. The van der Waals surface area contributed by atoms with Gasteiger partial charge in [-0.3, -0.25) is 4.98 Å². The highest BCUT2D eigenvalue weighted by atomic mass is 16.4. The quantitative estimate of drug-likeness (QED) is 0.641. The standard InChI is InChI=1S/C16H12N2O3/c19-11-7-5-10(6-8-11)18-15-12-3-1-2-4-14(12)17-9-13(15)16(20)21/h1-9,19H,(H,17,18)(H,20,21). The molecule has 0 aliphatic rings. The fourth-order valence-electron chi connectivity index (χ4n) is 2.13. The second-order valence-corrected chi connectivity index (χ2v) is 4.54. The zero-order valence-electron chi connectivity index (χ0n) is 10.9. The van der Waals surface area contributed by atoms with Crippen molar-refractivity contribution in [2.24, 2.45) is 0 Å². The second kappa shape index (κ2) is 5.13. The maximum atomic E-state index is 11.4. The summed E-state index contributed by atoms with van der Waals surface area (Å²) in [5.74, 6) is -0.895.